The van der Waals surface area contributed by atoms with E-state index in [4.69, 9.17) is 5.73 Å². The van der Waals surface area contributed by atoms with Crippen LogP contribution in [0.4, 0.5) is 10.1 Å². The summed E-state index contributed by atoms with van der Waals surface area (Å²) >= 11 is 0. The average Bonchev–Trinajstić information content (AvgIpc) is 3.13. The van der Waals surface area contributed by atoms with Crippen molar-refractivity contribution >= 4 is 15.7 Å². The Balaban J connectivity index is 2.11. The van der Waals surface area contributed by atoms with E-state index in [9.17, 15) is 17.9 Å². The first-order valence-corrected chi connectivity index (χ1v) is 7.11. The van der Waals surface area contributed by atoms with Gasteiger partial charge in [-0.15, -0.1) is 0 Å². The molecule has 1 unspecified atom stereocenters. The third-order valence-corrected chi connectivity index (χ3v) is 4.33. The van der Waals surface area contributed by atoms with Gasteiger partial charge in [0, 0.05) is 12.2 Å². The summed E-state index contributed by atoms with van der Waals surface area (Å²) in [6, 6.07) is 3.34. The zero-order chi connectivity index (χ0) is 13.3. The van der Waals surface area contributed by atoms with Crippen LogP contribution in [-0.4, -0.2) is 26.2 Å². The van der Waals surface area contributed by atoms with Crippen molar-refractivity contribution in [3.63, 3.8) is 0 Å². The normalized spacial score (nSPS) is 17.7. The first-order valence-electron chi connectivity index (χ1n) is 5.63. The molecule has 1 atom stereocenters. The predicted octanol–water partition coefficient (Wildman–Crippen LogP) is 0.457. The number of aliphatic hydroxyl groups is 1. The van der Waals surface area contributed by atoms with Crippen LogP contribution in [0.3, 0.4) is 0 Å². The van der Waals surface area contributed by atoms with Crippen molar-refractivity contribution in [3.8, 4) is 0 Å². The lowest BCUT2D eigenvalue weighted by Crippen LogP contribution is -2.33. The highest BCUT2D eigenvalue weighted by molar-refractivity contribution is 7.89. The largest absolute Gasteiger partial charge is 0.399 e. The van der Waals surface area contributed by atoms with Crippen LogP contribution in [0.15, 0.2) is 23.1 Å². The fraction of sp³-hybridized carbons (Fsp3) is 0.455. The lowest BCUT2D eigenvalue weighted by atomic mass is 10.2. The van der Waals surface area contributed by atoms with Gasteiger partial charge in [0.1, 0.15) is 10.7 Å². The van der Waals surface area contributed by atoms with E-state index in [0.717, 1.165) is 25.0 Å². The number of nitrogens with one attached hydrogen (secondary N) is 1. The molecule has 0 bridgehead atoms. The fourth-order valence-electron chi connectivity index (χ4n) is 1.65. The molecular weight excluding hydrogens is 259 g/mol. The summed E-state index contributed by atoms with van der Waals surface area (Å²) in [5.41, 5.74) is 5.60. The first-order chi connectivity index (χ1) is 8.40. The smallest absolute Gasteiger partial charge is 0.243 e. The summed E-state index contributed by atoms with van der Waals surface area (Å²) in [6.07, 6.45) is 1.08. The molecule has 1 aliphatic rings. The zero-order valence-corrected chi connectivity index (χ0v) is 10.5. The Morgan fingerprint density at radius 2 is 2.17 bits per heavy atom. The summed E-state index contributed by atoms with van der Waals surface area (Å²) in [5.74, 6) is -0.712. The number of benzene rings is 1. The SMILES string of the molecule is Nc1ccc(F)c(S(=O)(=O)NCC(O)C2CC2)c1. The maximum atomic E-state index is 13.4. The van der Waals surface area contributed by atoms with Gasteiger partial charge in [-0.2, -0.15) is 0 Å². The van der Waals surface area contributed by atoms with Crippen LogP contribution in [-0.2, 0) is 10.0 Å². The molecule has 5 nitrogen and oxygen atoms in total. The van der Waals surface area contributed by atoms with Crippen molar-refractivity contribution < 1.29 is 17.9 Å². The number of rotatable bonds is 5. The number of aliphatic hydroxyl groups excluding tert-OH is 1. The molecule has 18 heavy (non-hydrogen) atoms. The molecule has 4 N–H and O–H groups in total. The van der Waals surface area contributed by atoms with Crippen molar-refractivity contribution in [2.45, 2.75) is 23.8 Å². The van der Waals surface area contributed by atoms with E-state index in [1.807, 2.05) is 0 Å². The quantitative estimate of drug-likeness (QED) is 0.680. The molecule has 0 aromatic heterocycles. The molecular formula is C11H15FN2O3S. The molecule has 100 valence electrons. The maximum absolute atomic E-state index is 13.4. The number of nitrogen functional groups attached to an aromatic ring is 1. The standard InChI is InChI=1S/C11H15FN2O3S/c12-9-4-3-8(13)5-11(9)18(16,17)14-6-10(15)7-1-2-7/h3-5,7,10,14-15H,1-2,6,13H2. The minimum absolute atomic E-state index is 0.110. The topological polar surface area (TPSA) is 92.4 Å². The second-order valence-electron chi connectivity index (χ2n) is 4.45. The molecule has 0 radical (unpaired) electrons. The molecule has 1 fully saturated rings. The summed E-state index contributed by atoms with van der Waals surface area (Å²) in [5, 5.41) is 9.58. The zero-order valence-electron chi connectivity index (χ0n) is 9.64. The Morgan fingerprint density at radius 3 is 2.78 bits per heavy atom. The molecule has 0 heterocycles. The van der Waals surface area contributed by atoms with E-state index in [1.165, 1.54) is 6.07 Å². The van der Waals surface area contributed by atoms with Gasteiger partial charge >= 0.3 is 0 Å². The highest BCUT2D eigenvalue weighted by Crippen LogP contribution is 2.32. The fourth-order valence-corrected chi connectivity index (χ4v) is 2.81. The van der Waals surface area contributed by atoms with Crippen LogP contribution in [0.2, 0.25) is 0 Å². The molecule has 0 spiro atoms. The summed E-state index contributed by atoms with van der Waals surface area (Å²) in [6.45, 7) is -0.110. The van der Waals surface area contributed by atoms with Crippen LogP contribution in [0, 0.1) is 11.7 Å². The minimum Gasteiger partial charge on any atom is -0.399 e. The first kappa shape index (κ1) is 13.3. The van der Waals surface area contributed by atoms with E-state index in [1.54, 1.807) is 0 Å². The third-order valence-electron chi connectivity index (χ3n) is 2.89. The maximum Gasteiger partial charge on any atom is 0.243 e. The van der Waals surface area contributed by atoms with Gasteiger partial charge in [-0.05, 0) is 37.0 Å². The highest BCUT2D eigenvalue weighted by Gasteiger charge is 2.31. The second-order valence-corrected chi connectivity index (χ2v) is 6.18. The molecule has 1 aromatic carbocycles. The van der Waals surface area contributed by atoms with E-state index in [-0.39, 0.29) is 18.2 Å². The van der Waals surface area contributed by atoms with Crippen molar-refractivity contribution in [3.05, 3.63) is 24.0 Å². The van der Waals surface area contributed by atoms with E-state index >= 15 is 0 Å². The Kier molecular flexibility index (Phi) is 3.56. The van der Waals surface area contributed by atoms with Gasteiger partial charge in [0.2, 0.25) is 10.0 Å². The third kappa shape index (κ3) is 2.98. The van der Waals surface area contributed by atoms with Gasteiger partial charge in [-0.25, -0.2) is 17.5 Å². The van der Waals surface area contributed by atoms with E-state index < -0.39 is 26.8 Å². The molecule has 1 aliphatic carbocycles. The Bertz CT molecular complexity index is 543. The Hall–Kier alpha value is -1.18. The second kappa shape index (κ2) is 4.83. The lowest BCUT2D eigenvalue weighted by Gasteiger charge is -2.12. The van der Waals surface area contributed by atoms with Crippen molar-refractivity contribution in [1.82, 2.24) is 4.72 Å². The van der Waals surface area contributed by atoms with E-state index in [0.29, 0.717) is 0 Å². The minimum atomic E-state index is -3.98. The number of anilines is 1. The lowest BCUT2D eigenvalue weighted by molar-refractivity contribution is 0.155. The van der Waals surface area contributed by atoms with Crippen molar-refractivity contribution in [1.29, 1.82) is 0 Å². The van der Waals surface area contributed by atoms with Crippen LogP contribution in [0.25, 0.3) is 0 Å². The highest BCUT2D eigenvalue weighted by atomic mass is 32.2. The molecule has 7 heteroatoms. The van der Waals surface area contributed by atoms with Gasteiger partial charge < -0.3 is 10.8 Å². The number of hydrogen-bond donors (Lipinski definition) is 3. The molecule has 1 saturated carbocycles. The monoisotopic (exact) mass is 274 g/mol. The Morgan fingerprint density at radius 1 is 1.50 bits per heavy atom. The molecule has 0 saturated heterocycles. The summed E-state index contributed by atoms with van der Waals surface area (Å²) in [7, 11) is -3.98. The summed E-state index contributed by atoms with van der Waals surface area (Å²) in [4.78, 5) is -0.495. The van der Waals surface area contributed by atoms with Crippen LogP contribution < -0.4 is 10.5 Å². The number of hydrogen-bond acceptors (Lipinski definition) is 4. The van der Waals surface area contributed by atoms with Gasteiger partial charge in [0.05, 0.1) is 6.10 Å². The number of halogens is 1. The van der Waals surface area contributed by atoms with Gasteiger partial charge in [-0.3, -0.25) is 0 Å². The van der Waals surface area contributed by atoms with Gasteiger partial charge in [0.15, 0.2) is 0 Å². The molecule has 0 amide bonds. The molecule has 0 aliphatic heterocycles. The van der Waals surface area contributed by atoms with E-state index in [2.05, 4.69) is 4.72 Å². The number of nitrogens with two attached hydrogens (primary N) is 1. The predicted molar refractivity (Wildman–Crippen MR) is 64.7 cm³/mol. The van der Waals surface area contributed by atoms with Crippen LogP contribution in [0.5, 0.6) is 0 Å². The Labute approximate surface area is 105 Å². The summed E-state index contributed by atoms with van der Waals surface area (Å²) < 4.78 is 39.3. The van der Waals surface area contributed by atoms with Crippen LogP contribution in [0.1, 0.15) is 12.8 Å². The molecule has 1 aromatic rings. The number of sulfonamides is 1. The van der Waals surface area contributed by atoms with Gasteiger partial charge in [0.25, 0.3) is 0 Å². The van der Waals surface area contributed by atoms with Gasteiger partial charge in [-0.1, -0.05) is 0 Å². The van der Waals surface area contributed by atoms with Crippen LogP contribution >= 0.6 is 0 Å². The molecule has 2 rings (SSSR count). The van der Waals surface area contributed by atoms with Crippen molar-refractivity contribution in [2.24, 2.45) is 5.92 Å². The average molecular weight is 274 g/mol. The van der Waals surface area contributed by atoms with Crippen molar-refractivity contribution in [2.75, 3.05) is 12.3 Å².